The maximum atomic E-state index is 10.1. The Morgan fingerprint density at radius 3 is 2.82 bits per heavy atom. The van der Waals surface area contributed by atoms with Crippen LogP contribution in [0.4, 0.5) is 0 Å². The average Bonchev–Trinajstić information content (AvgIpc) is 2.90. The van der Waals surface area contributed by atoms with Crippen molar-refractivity contribution in [3.8, 4) is 5.75 Å². The number of ether oxygens (including phenoxy) is 1. The molecule has 1 saturated carbocycles. The van der Waals surface area contributed by atoms with Gasteiger partial charge in [-0.25, -0.2) is 0 Å². The Hall–Kier alpha value is -1.02. The van der Waals surface area contributed by atoms with E-state index in [1.807, 2.05) is 12.1 Å². The molecule has 0 saturated heterocycles. The van der Waals surface area contributed by atoms with Gasteiger partial charge in [-0.2, -0.15) is 0 Å². The SMILES string of the molecule is COc1cccc(CCC(O)C2CCCC2)c1. The van der Waals surface area contributed by atoms with E-state index in [2.05, 4.69) is 12.1 Å². The summed E-state index contributed by atoms with van der Waals surface area (Å²) in [6.07, 6.45) is 6.69. The third kappa shape index (κ3) is 3.47. The normalized spacial score (nSPS) is 18.2. The maximum Gasteiger partial charge on any atom is 0.119 e. The lowest BCUT2D eigenvalue weighted by molar-refractivity contribution is 0.102. The van der Waals surface area contributed by atoms with Crippen LogP contribution in [0, 0.1) is 5.92 Å². The molecule has 1 aromatic carbocycles. The van der Waals surface area contributed by atoms with Gasteiger partial charge >= 0.3 is 0 Å². The minimum atomic E-state index is -0.122. The summed E-state index contributed by atoms with van der Waals surface area (Å²) in [5, 5.41) is 10.1. The van der Waals surface area contributed by atoms with Crippen molar-refractivity contribution in [2.24, 2.45) is 5.92 Å². The molecule has 0 amide bonds. The first-order chi connectivity index (χ1) is 8.29. The highest BCUT2D eigenvalue weighted by atomic mass is 16.5. The van der Waals surface area contributed by atoms with Gasteiger partial charge in [0.1, 0.15) is 5.75 Å². The number of aliphatic hydroxyl groups is 1. The van der Waals surface area contributed by atoms with Gasteiger partial charge in [-0.05, 0) is 49.3 Å². The summed E-state index contributed by atoms with van der Waals surface area (Å²) in [5.74, 6) is 1.44. The van der Waals surface area contributed by atoms with Crippen LogP contribution in [0.2, 0.25) is 0 Å². The van der Waals surface area contributed by atoms with Crippen molar-refractivity contribution in [1.82, 2.24) is 0 Å². The number of rotatable bonds is 5. The highest BCUT2D eigenvalue weighted by Crippen LogP contribution is 2.29. The summed E-state index contributed by atoms with van der Waals surface area (Å²) in [5.41, 5.74) is 1.25. The first-order valence-electron chi connectivity index (χ1n) is 6.60. The number of aryl methyl sites for hydroxylation is 1. The second-order valence-corrected chi connectivity index (χ2v) is 5.00. The van der Waals surface area contributed by atoms with Crippen LogP contribution in [0.15, 0.2) is 24.3 Å². The summed E-state index contributed by atoms with van der Waals surface area (Å²) in [4.78, 5) is 0. The van der Waals surface area contributed by atoms with Gasteiger partial charge in [-0.3, -0.25) is 0 Å². The quantitative estimate of drug-likeness (QED) is 0.848. The zero-order valence-electron chi connectivity index (χ0n) is 10.6. The molecular formula is C15H22O2. The van der Waals surface area contributed by atoms with Crippen LogP contribution in [-0.2, 0) is 6.42 Å². The molecule has 17 heavy (non-hydrogen) atoms. The zero-order chi connectivity index (χ0) is 12.1. The Balaban J connectivity index is 1.83. The van der Waals surface area contributed by atoms with Gasteiger partial charge in [0.05, 0.1) is 13.2 Å². The molecule has 1 aliphatic rings. The molecule has 1 fully saturated rings. The Bertz CT molecular complexity index is 343. The summed E-state index contributed by atoms with van der Waals surface area (Å²) in [6, 6.07) is 8.12. The number of aliphatic hydroxyl groups excluding tert-OH is 1. The van der Waals surface area contributed by atoms with Gasteiger partial charge < -0.3 is 9.84 Å². The average molecular weight is 234 g/mol. The summed E-state index contributed by atoms with van der Waals surface area (Å²) in [6.45, 7) is 0. The van der Waals surface area contributed by atoms with Crippen molar-refractivity contribution in [3.63, 3.8) is 0 Å². The van der Waals surface area contributed by atoms with Crippen LogP contribution in [0.3, 0.4) is 0 Å². The van der Waals surface area contributed by atoms with Crippen LogP contribution in [0.1, 0.15) is 37.7 Å². The van der Waals surface area contributed by atoms with Gasteiger partial charge in [0.2, 0.25) is 0 Å². The molecule has 0 radical (unpaired) electrons. The number of hydrogen-bond acceptors (Lipinski definition) is 2. The molecule has 1 atom stereocenters. The first kappa shape index (κ1) is 12.4. The van der Waals surface area contributed by atoms with Gasteiger partial charge in [0, 0.05) is 0 Å². The van der Waals surface area contributed by atoms with E-state index in [0.29, 0.717) is 5.92 Å². The molecule has 1 N–H and O–H groups in total. The Labute approximate surface area is 104 Å². The van der Waals surface area contributed by atoms with Crippen molar-refractivity contribution in [3.05, 3.63) is 29.8 Å². The first-order valence-corrected chi connectivity index (χ1v) is 6.60. The van der Waals surface area contributed by atoms with E-state index in [0.717, 1.165) is 18.6 Å². The molecular weight excluding hydrogens is 212 g/mol. The summed E-state index contributed by atoms with van der Waals surface area (Å²) in [7, 11) is 1.69. The van der Waals surface area contributed by atoms with Crippen molar-refractivity contribution < 1.29 is 9.84 Å². The molecule has 0 bridgehead atoms. The fourth-order valence-corrected chi connectivity index (χ4v) is 2.72. The number of hydrogen-bond donors (Lipinski definition) is 1. The van der Waals surface area contributed by atoms with Gasteiger partial charge in [0.25, 0.3) is 0 Å². The minimum Gasteiger partial charge on any atom is -0.497 e. The summed E-state index contributed by atoms with van der Waals surface area (Å²) >= 11 is 0. The monoisotopic (exact) mass is 234 g/mol. The fourth-order valence-electron chi connectivity index (χ4n) is 2.72. The molecule has 94 valence electrons. The molecule has 2 heteroatoms. The molecule has 0 spiro atoms. The lowest BCUT2D eigenvalue weighted by atomic mass is 9.95. The largest absolute Gasteiger partial charge is 0.497 e. The van der Waals surface area contributed by atoms with Crippen molar-refractivity contribution in [2.75, 3.05) is 7.11 Å². The highest BCUT2D eigenvalue weighted by molar-refractivity contribution is 5.28. The van der Waals surface area contributed by atoms with E-state index in [-0.39, 0.29) is 6.10 Å². The second-order valence-electron chi connectivity index (χ2n) is 5.00. The van der Waals surface area contributed by atoms with Gasteiger partial charge in [0.15, 0.2) is 0 Å². The third-order valence-electron chi connectivity index (χ3n) is 3.81. The molecule has 0 heterocycles. The van der Waals surface area contributed by atoms with E-state index >= 15 is 0 Å². The molecule has 2 rings (SSSR count). The van der Waals surface area contributed by atoms with Crippen LogP contribution < -0.4 is 4.74 Å². The number of methoxy groups -OCH3 is 1. The smallest absolute Gasteiger partial charge is 0.119 e. The van der Waals surface area contributed by atoms with E-state index in [1.54, 1.807) is 7.11 Å². The molecule has 1 aliphatic carbocycles. The molecule has 0 aromatic heterocycles. The van der Waals surface area contributed by atoms with E-state index < -0.39 is 0 Å². The topological polar surface area (TPSA) is 29.5 Å². The van der Waals surface area contributed by atoms with Crippen molar-refractivity contribution >= 4 is 0 Å². The van der Waals surface area contributed by atoms with E-state index in [1.165, 1.54) is 31.2 Å². The molecule has 1 unspecified atom stereocenters. The van der Waals surface area contributed by atoms with E-state index in [4.69, 9.17) is 4.74 Å². The van der Waals surface area contributed by atoms with Gasteiger partial charge in [-0.1, -0.05) is 25.0 Å². The molecule has 0 aliphatic heterocycles. The predicted octanol–water partition coefficient (Wildman–Crippen LogP) is 3.18. The maximum absolute atomic E-state index is 10.1. The third-order valence-corrected chi connectivity index (χ3v) is 3.81. The van der Waals surface area contributed by atoms with Crippen LogP contribution in [0.5, 0.6) is 5.75 Å². The van der Waals surface area contributed by atoms with Crippen LogP contribution in [0.25, 0.3) is 0 Å². The predicted molar refractivity (Wildman–Crippen MR) is 69.3 cm³/mol. The fraction of sp³-hybridized carbons (Fsp3) is 0.600. The Morgan fingerprint density at radius 1 is 1.35 bits per heavy atom. The zero-order valence-corrected chi connectivity index (χ0v) is 10.6. The second kappa shape index (κ2) is 6.06. The van der Waals surface area contributed by atoms with Crippen LogP contribution in [-0.4, -0.2) is 18.3 Å². The minimum absolute atomic E-state index is 0.122. The van der Waals surface area contributed by atoms with Crippen molar-refractivity contribution in [1.29, 1.82) is 0 Å². The Morgan fingerprint density at radius 2 is 2.12 bits per heavy atom. The van der Waals surface area contributed by atoms with Crippen LogP contribution >= 0.6 is 0 Å². The lowest BCUT2D eigenvalue weighted by Crippen LogP contribution is -2.18. The molecule has 1 aromatic rings. The molecule has 2 nitrogen and oxygen atoms in total. The van der Waals surface area contributed by atoms with Gasteiger partial charge in [-0.15, -0.1) is 0 Å². The highest BCUT2D eigenvalue weighted by Gasteiger charge is 2.22. The Kier molecular flexibility index (Phi) is 4.43. The number of benzene rings is 1. The van der Waals surface area contributed by atoms with E-state index in [9.17, 15) is 5.11 Å². The lowest BCUT2D eigenvalue weighted by Gasteiger charge is -2.17. The summed E-state index contributed by atoms with van der Waals surface area (Å²) < 4.78 is 5.20. The standard InChI is InChI=1S/C15H22O2/c1-17-14-8-4-5-12(11-14)9-10-15(16)13-6-2-3-7-13/h4-5,8,11,13,15-16H,2-3,6-7,9-10H2,1H3. The van der Waals surface area contributed by atoms with Crippen molar-refractivity contribution in [2.45, 2.75) is 44.6 Å².